The minimum Gasteiger partial charge on any atom is -0.382 e. The number of hydrazine groups is 2. The fourth-order valence-corrected chi connectivity index (χ4v) is 15.6. The van der Waals surface area contributed by atoms with Crippen molar-refractivity contribution in [1.82, 2.24) is 45.6 Å². The van der Waals surface area contributed by atoms with Gasteiger partial charge in [-0.2, -0.15) is 13.2 Å². The molecule has 29 heteroatoms. The van der Waals surface area contributed by atoms with Crippen LogP contribution in [-0.4, -0.2) is 197 Å². The molecule has 22 nitrogen and oxygen atoms in total. The van der Waals surface area contributed by atoms with Crippen LogP contribution in [-0.2, 0) is 33.7 Å². The molecule has 5 aliphatic heterocycles. The van der Waals surface area contributed by atoms with E-state index in [0.717, 1.165) is 90.5 Å². The van der Waals surface area contributed by atoms with Crippen molar-refractivity contribution in [1.29, 1.82) is 0 Å². The highest BCUT2D eigenvalue weighted by Gasteiger charge is 2.49. The molecule has 0 radical (unpaired) electrons. The first kappa shape index (κ1) is 71.6. The molecule has 0 bridgehead atoms. The molecular formula is C69H80ClF3N12O10S3. The number of amides is 6. The molecule has 5 heterocycles. The van der Waals surface area contributed by atoms with Gasteiger partial charge in [-0.25, -0.2) is 8.42 Å². The summed E-state index contributed by atoms with van der Waals surface area (Å²) in [5.41, 5.74) is 7.21. The Balaban J connectivity index is 0.617. The lowest BCUT2D eigenvalue weighted by Crippen LogP contribution is -2.54. The van der Waals surface area contributed by atoms with Crippen LogP contribution in [0.1, 0.15) is 89.0 Å². The first-order chi connectivity index (χ1) is 47.0. The van der Waals surface area contributed by atoms with Crippen LogP contribution in [0.15, 0.2) is 147 Å². The van der Waals surface area contributed by atoms with E-state index in [2.05, 4.69) is 72.3 Å². The lowest BCUT2D eigenvalue weighted by Gasteiger charge is -2.39. The van der Waals surface area contributed by atoms with E-state index in [1.54, 1.807) is 40.4 Å². The van der Waals surface area contributed by atoms with Crippen LogP contribution in [0, 0.1) is 5.41 Å². The summed E-state index contributed by atoms with van der Waals surface area (Å²) in [4.78, 5) is 87.4. The second kappa shape index (κ2) is 32.1. The molecule has 5 aromatic carbocycles. The minimum absolute atomic E-state index is 0.0235. The maximum atomic E-state index is 14.5. The summed E-state index contributed by atoms with van der Waals surface area (Å²) >= 11 is 8.44. The van der Waals surface area contributed by atoms with Gasteiger partial charge in [0.15, 0.2) is 0 Å². The van der Waals surface area contributed by atoms with Crippen LogP contribution in [0.2, 0.25) is 5.02 Å². The lowest BCUT2D eigenvalue weighted by atomic mass is 9.73. The zero-order valence-corrected chi connectivity index (χ0v) is 57.7. The number of piperidine rings is 1. The van der Waals surface area contributed by atoms with Gasteiger partial charge in [-0.05, 0) is 139 Å². The Morgan fingerprint density at radius 3 is 2.27 bits per heavy atom. The first-order valence-corrected chi connectivity index (χ1v) is 36.4. The number of thioether (sulfide) groups is 1. The number of ether oxygens (including phenoxy) is 2. The molecule has 3 fully saturated rings. The molecule has 6 N–H and O–H groups in total. The van der Waals surface area contributed by atoms with Gasteiger partial charge in [0.1, 0.15) is 17.5 Å². The first-order valence-electron chi connectivity index (χ1n) is 32.7. The van der Waals surface area contributed by atoms with Gasteiger partial charge in [0.2, 0.25) is 17.7 Å². The molecule has 11 rings (SSSR count). The number of rotatable bonds is 28. The van der Waals surface area contributed by atoms with Crippen molar-refractivity contribution in [2.24, 2.45) is 5.41 Å². The van der Waals surface area contributed by atoms with Crippen LogP contribution < -0.4 is 36.5 Å². The number of carbonyl (C=O) groups excluding carboxylic acids is 6. The molecule has 6 amide bonds. The molecule has 0 spiro atoms. The number of imide groups is 2. The van der Waals surface area contributed by atoms with Crippen LogP contribution in [0.3, 0.4) is 0 Å². The Bertz CT molecular complexity index is 3910. The van der Waals surface area contributed by atoms with Crippen LogP contribution in [0.5, 0.6) is 0 Å². The zero-order chi connectivity index (χ0) is 69.1. The number of nitrogens with zero attached hydrogens (tertiary/aromatic N) is 6. The molecule has 98 heavy (non-hydrogen) atoms. The van der Waals surface area contributed by atoms with Crippen LogP contribution in [0.4, 0.5) is 30.2 Å². The number of nitrogens with one attached hydrogen (secondary N) is 6. The Kier molecular flexibility index (Phi) is 23.5. The van der Waals surface area contributed by atoms with Crippen molar-refractivity contribution in [3.8, 4) is 0 Å². The van der Waals surface area contributed by atoms with Gasteiger partial charge in [-0.1, -0.05) is 67.4 Å². The van der Waals surface area contributed by atoms with Gasteiger partial charge in [-0.15, -0.1) is 17.3 Å². The summed E-state index contributed by atoms with van der Waals surface area (Å²) < 4.78 is 84.4. The van der Waals surface area contributed by atoms with Crippen LogP contribution >= 0.6 is 35.3 Å². The number of halogens is 4. The van der Waals surface area contributed by atoms with Gasteiger partial charge in [-0.3, -0.25) is 58.5 Å². The van der Waals surface area contributed by atoms with E-state index in [9.17, 15) is 50.4 Å². The fraction of sp³-hybridized carbons (Fsp3) is 0.420. The van der Waals surface area contributed by atoms with E-state index < -0.39 is 61.9 Å². The van der Waals surface area contributed by atoms with E-state index in [1.165, 1.54) is 46.7 Å². The molecule has 2 atom stereocenters. The fourth-order valence-electron chi connectivity index (χ4n) is 12.8. The van der Waals surface area contributed by atoms with Crippen molar-refractivity contribution in [3.63, 3.8) is 0 Å². The number of sulfone groups is 1. The number of allylic oxidation sites excluding steroid dienone is 1. The van der Waals surface area contributed by atoms with E-state index in [0.29, 0.717) is 68.4 Å². The average Bonchev–Trinajstić information content (AvgIpc) is 1.53. The largest absolute Gasteiger partial charge is 0.501 e. The Morgan fingerprint density at radius 2 is 1.53 bits per heavy atom. The molecule has 522 valence electrons. The number of carbonyl (C=O) groups is 6. The van der Waals surface area contributed by atoms with Gasteiger partial charge >= 0.3 is 5.51 Å². The molecule has 6 aliphatic rings. The third kappa shape index (κ3) is 18.0. The highest BCUT2D eigenvalue weighted by molar-refractivity contribution is 7.99. The van der Waals surface area contributed by atoms with E-state index in [1.807, 2.05) is 54.6 Å². The Morgan fingerprint density at radius 1 is 0.796 bits per heavy atom. The third-order valence-electron chi connectivity index (χ3n) is 18.2. The standard InChI is InChI=1S/C69H80ClF3N12O10S3/c1-68(2)25-23-55(46-11-15-49(70)16-12-46)48(40-68)41-81-30-32-82(33-31-81)52-17-13-47(14-18-52)64(88)78-97-54-19-20-57(60(39-54)98(92,93)69(71,72)73)75-50(45-96-53-7-4-3-5-8-53)24-27-80-28-34-83(35-29-80)62(87)43-84-42-51(77-79-84)44-95-38-37-94-36-26-74-58-10-6-9-56-63(58)67(91)85(66(56)90)59-21-22-61(86)76-65(59)89/h3-20,39,42,50,59,74-75,77,79H,21-38,40-41,43-45H2,1-2H3,(H,78,88)(H,76,86,89)/t50-,59?/m1/s1. The number of fused-ring (bicyclic) bond motifs is 1. The SMILES string of the molecule is CC1(C)CCC(c2ccc(Cl)cc2)=C(CN2CCN(c3ccc(C(=O)NSc4ccc(N[C@H](CCN5CCN(C(=O)CN6C=C(COCCOCCNc7cccc8c7C(=O)N(C7CCC(=O)NC7=O)C8=O)NN6)CC5)CSc5ccccc5)c(S(=O)(=O)C(F)(F)F)c4)cc3)CC2)C1. The summed E-state index contributed by atoms with van der Waals surface area (Å²) in [6.07, 6.45) is 5.44. The molecule has 5 aromatic rings. The quantitative estimate of drug-likeness (QED) is 0.0119. The van der Waals surface area contributed by atoms with Crippen LogP contribution in [0.25, 0.3) is 5.57 Å². The summed E-state index contributed by atoms with van der Waals surface area (Å²) in [7, 11) is -5.88. The van der Waals surface area contributed by atoms with Gasteiger partial charge in [0, 0.05) is 128 Å². The second-order valence-corrected chi connectivity index (χ2v) is 30.0. The minimum atomic E-state index is -5.88. The van der Waals surface area contributed by atoms with Gasteiger partial charge in [0.25, 0.3) is 27.6 Å². The van der Waals surface area contributed by atoms with E-state index in [-0.39, 0.29) is 78.8 Å². The predicted octanol–water partition coefficient (Wildman–Crippen LogP) is 8.68. The highest BCUT2D eigenvalue weighted by Crippen LogP contribution is 2.44. The normalized spacial score (nSPS) is 18.9. The van der Waals surface area contributed by atoms with Gasteiger partial charge < -0.3 is 35.3 Å². The lowest BCUT2D eigenvalue weighted by molar-refractivity contribution is -0.136. The summed E-state index contributed by atoms with van der Waals surface area (Å²) in [6.45, 7) is 12.6. The van der Waals surface area contributed by atoms with E-state index >= 15 is 0 Å². The number of piperazine rings is 2. The number of anilines is 3. The topological polar surface area (TPSA) is 247 Å². The monoisotopic (exact) mass is 1420 g/mol. The summed E-state index contributed by atoms with van der Waals surface area (Å²) in [5, 5.41) is 10.8. The molecule has 3 saturated heterocycles. The molecule has 1 aliphatic carbocycles. The highest BCUT2D eigenvalue weighted by atomic mass is 35.5. The summed E-state index contributed by atoms with van der Waals surface area (Å²) in [5.74, 6) is -2.57. The van der Waals surface area contributed by atoms with E-state index in [4.69, 9.17) is 21.1 Å². The Labute approximate surface area is 581 Å². The van der Waals surface area contributed by atoms with Crippen molar-refractivity contribution in [2.45, 2.75) is 84.7 Å². The van der Waals surface area contributed by atoms with Crippen molar-refractivity contribution in [3.05, 3.63) is 160 Å². The molecule has 0 aromatic heterocycles. The number of benzene rings is 5. The van der Waals surface area contributed by atoms with Gasteiger partial charge in [0.05, 0.1) is 48.9 Å². The zero-order valence-electron chi connectivity index (χ0n) is 54.5. The molecule has 0 saturated carbocycles. The number of alkyl halides is 3. The predicted molar refractivity (Wildman–Crippen MR) is 371 cm³/mol. The van der Waals surface area contributed by atoms with Crippen molar-refractivity contribution in [2.75, 3.05) is 126 Å². The number of hydrogen-bond acceptors (Lipinski definition) is 20. The van der Waals surface area contributed by atoms with Crippen molar-refractivity contribution < 1.29 is 59.8 Å². The maximum absolute atomic E-state index is 14.5. The summed E-state index contributed by atoms with van der Waals surface area (Å²) in [6, 6.07) is 31.8. The second-order valence-electron chi connectivity index (χ2n) is 25.6. The number of hydrogen-bond donors (Lipinski definition) is 6. The van der Waals surface area contributed by atoms with Crippen molar-refractivity contribution >= 4 is 103 Å². The molecular weight excluding hydrogens is 1350 g/mol. The Hall–Kier alpha value is -7.67. The molecule has 1 unspecified atom stereocenters. The third-order valence-corrected chi connectivity index (χ3v) is 21.9. The maximum Gasteiger partial charge on any atom is 0.501 e. The smallest absolute Gasteiger partial charge is 0.382 e. The average molecular weight is 1430 g/mol.